The monoisotopic (exact) mass is 361 g/mol. The molecule has 4 atom stereocenters. The Labute approximate surface area is 148 Å². The van der Waals surface area contributed by atoms with Gasteiger partial charge in [0.25, 0.3) is 5.56 Å². The van der Waals surface area contributed by atoms with E-state index in [2.05, 4.69) is 15.3 Å². The van der Waals surface area contributed by atoms with Gasteiger partial charge >= 0.3 is 0 Å². The summed E-state index contributed by atoms with van der Waals surface area (Å²) in [5.41, 5.74) is -1.99. The molecule has 0 radical (unpaired) electrons. The average Bonchev–Trinajstić information content (AvgIpc) is 3.02. The summed E-state index contributed by atoms with van der Waals surface area (Å²) in [6.07, 6.45) is 0.0782. The summed E-state index contributed by atoms with van der Waals surface area (Å²) in [5.74, 6) is 0.889. The van der Waals surface area contributed by atoms with E-state index in [9.17, 15) is 20.1 Å². The molecular weight excluding hydrogens is 342 g/mol. The van der Waals surface area contributed by atoms with E-state index in [1.54, 1.807) is 29.0 Å². The van der Waals surface area contributed by atoms with E-state index in [1.165, 1.54) is 19.3 Å². The number of hydrogen-bond donors (Lipinski definition) is 4. The molecule has 2 aliphatic heterocycles. The first-order chi connectivity index (χ1) is 12.3. The number of rotatable bonds is 3. The Morgan fingerprint density at radius 2 is 2.23 bits per heavy atom. The van der Waals surface area contributed by atoms with Crippen molar-refractivity contribution in [1.29, 1.82) is 0 Å². The van der Waals surface area contributed by atoms with E-state index in [1.807, 2.05) is 0 Å². The fraction of sp³-hybridized carbons (Fsp3) is 0.438. The van der Waals surface area contributed by atoms with Crippen molar-refractivity contribution < 1.29 is 20.1 Å². The van der Waals surface area contributed by atoms with Gasteiger partial charge in [0.15, 0.2) is 12.0 Å². The van der Waals surface area contributed by atoms with Gasteiger partial charge in [0.05, 0.1) is 18.3 Å². The lowest BCUT2D eigenvalue weighted by Crippen LogP contribution is -2.55. The van der Waals surface area contributed by atoms with Gasteiger partial charge in [-0.15, -0.1) is 0 Å². The van der Waals surface area contributed by atoms with Gasteiger partial charge in [-0.3, -0.25) is 9.80 Å². The zero-order chi connectivity index (χ0) is 18.6. The fourth-order valence-corrected chi connectivity index (χ4v) is 3.48. The minimum Gasteiger partial charge on any atom is -0.394 e. The van der Waals surface area contributed by atoms with Crippen LogP contribution >= 0.6 is 0 Å². The third kappa shape index (κ3) is 2.31. The highest BCUT2D eigenvalue weighted by molar-refractivity contribution is 6.06. The summed E-state index contributed by atoms with van der Waals surface area (Å²) in [5, 5.41) is 36.1. The number of anilines is 1. The number of aliphatic imine (C=N–C) groups is 1. The lowest BCUT2D eigenvalue weighted by Gasteiger charge is -2.35. The van der Waals surface area contributed by atoms with Crippen molar-refractivity contribution in [2.45, 2.75) is 31.0 Å². The predicted molar refractivity (Wildman–Crippen MR) is 94.3 cm³/mol. The zero-order valence-electron chi connectivity index (χ0n) is 14.2. The topological polar surface area (TPSA) is 132 Å². The normalized spacial score (nSPS) is 29.8. The van der Waals surface area contributed by atoms with Crippen molar-refractivity contribution in [2.24, 2.45) is 4.99 Å². The maximum atomic E-state index is 11.7. The molecule has 0 bridgehead atoms. The Hall–Kier alpha value is -2.53. The molecule has 138 valence electrons. The zero-order valence-corrected chi connectivity index (χ0v) is 14.2. The maximum absolute atomic E-state index is 11.7. The molecule has 0 saturated carbocycles. The van der Waals surface area contributed by atoms with Crippen LogP contribution in [0, 0.1) is 0 Å². The molecule has 0 amide bonds. The van der Waals surface area contributed by atoms with Crippen LogP contribution in [0.3, 0.4) is 0 Å². The van der Waals surface area contributed by atoms with Gasteiger partial charge in [-0.05, 0) is 13.0 Å². The van der Waals surface area contributed by atoms with Gasteiger partial charge in [0.2, 0.25) is 0 Å². The number of likely N-dealkylation sites (N-methyl/N-ethyl adjacent to an activating group) is 1. The second-order valence-electron chi connectivity index (χ2n) is 6.62. The Kier molecular flexibility index (Phi) is 3.74. The number of hydrogen-bond acceptors (Lipinski definition) is 9. The highest BCUT2D eigenvalue weighted by atomic mass is 16.6. The van der Waals surface area contributed by atoms with Crippen molar-refractivity contribution >= 4 is 28.7 Å². The molecule has 0 aliphatic carbocycles. The number of aliphatic hydroxyl groups excluding tert-OH is 2. The van der Waals surface area contributed by atoms with Crippen LogP contribution in [0.4, 0.5) is 11.6 Å². The standard InChI is InChI=1S/C16H19N5O5/c1-16(25)12(24)9(6-22)26-15(16)20(2)21-5-8-3-4-10(23)19-13-11(8)14(21)18-7-17-13/h3-5,7,9,12,15,22,24-25H,6H2,1-2H3,(H,17,18,19,23)/t9-,12-,15-,16-/m1/s1. The molecule has 4 heterocycles. The highest BCUT2D eigenvalue weighted by Crippen LogP contribution is 2.37. The molecule has 10 nitrogen and oxygen atoms in total. The molecule has 2 aromatic rings. The number of aromatic nitrogens is 2. The maximum Gasteiger partial charge on any atom is 0.271 e. The van der Waals surface area contributed by atoms with Crippen LogP contribution in [0.1, 0.15) is 6.92 Å². The average molecular weight is 361 g/mol. The van der Waals surface area contributed by atoms with E-state index in [0.717, 1.165) is 5.39 Å². The highest BCUT2D eigenvalue weighted by Gasteiger charge is 2.54. The van der Waals surface area contributed by atoms with E-state index in [-0.39, 0.29) is 5.56 Å². The van der Waals surface area contributed by atoms with Gasteiger partial charge in [0.1, 0.15) is 23.6 Å². The van der Waals surface area contributed by atoms with Crippen molar-refractivity contribution in [3.63, 3.8) is 0 Å². The molecule has 26 heavy (non-hydrogen) atoms. The Morgan fingerprint density at radius 3 is 2.92 bits per heavy atom. The summed E-state index contributed by atoms with van der Waals surface area (Å²) in [7, 11) is 1.67. The van der Waals surface area contributed by atoms with E-state index in [4.69, 9.17) is 4.74 Å². The van der Waals surface area contributed by atoms with Crippen LogP contribution in [0.15, 0.2) is 28.1 Å². The number of nitrogens with one attached hydrogen (secondary N) is 1. The van der Waals surface area contributed by atoms with E-state index in [0.29, 0.717) is 17.0 Å². The molecule has 10 heteroatoms. The number of nitrogens with zero attached hydrogens (tertiary/aromatic N) is 4. The summed E-state index contributed by atoms with van der Waals surface area (Å²) in [6, 6.07) is 3.00. The minimum atomic E-state index is -1.62. The van der Waals surface area contributed by atoms with E-state index >= 15 is 0 Å². The number of ether oxygens (including phenoxy) is 1. The first kappa shape index (κ1) is 16.9. The van der Waals surface area contributed by atoms with Crippen molar-refractivity contribution in [3.05, 3.63) is 28.7 Å². The molecule has 0 spiro atoms. The SMILES string of the molecule is CN([C@@H]1O[C@H](CO)[C@@H](O)[C@@]1(C)O)n1cc2ccc(=O)nc3c2c1N=CN3. The predicted octanol–water partition coefficient (Wildman–Crippen LogP) is -1.12. The quantitative estimate of drug-likeness (QED) is 0.540. The van der Waals surface area contributed by atoms with Crippen LogP contribution in [-0.4, -0.2) is 69.0 Å². The van der Waals surface area contributed by atoms with Crippen molar-refractivity contribution in [3.8, 4) is 0 Å². The molecule has 4 N–H and O–H groups in total. The number of aliphatic hydroxyl groups is 3. The molecule has 1 saturated heterocycles. The summed E-state index contributed by atoms with van der Waals surface area (Å²) in [4.78, 5) is 20.0. The van der Waals surface area contributed by atoms with Gasteiger partial charge in [-0.1, -0.05) is 0 Å². The molecule has 0 aromatic carbocycles. The third-order valence-electron chi connectivity index (χ3n) is 4.86. The van der Waals surface area contributed by atoms with E-state index < -0.39 is 30.6 Å². The van der Waals surface area contributed by atoms with Gasteiger partial charge in [0, 0.05) is 24.7 Å². The Bertz CT molecular complexity index is 956. The molecule has 2 aromatic heterocycles. The van der Waals surface area contributed by atoms with Crippen LogP contribution in [0.2, 0.25) is 0 Å². The minimum absolute atomic E-state index is 0.374. The summed E-state index contributed by atoms with van der Waals surface area (Å²) < 4.78 is 7.31. The Morgan fingerprint density at radius 1 is 1.46 bits per heavy atom. The van der Waals surface area contributed by atoms with Crippen molar-refractivity contribution in [1.82, 2.24) is 9.66 Å². The molecule has 4 rings (SSSR count). The summed E-state index contributed by atoms with van der Waals surface area (Å²) >= 11 is 0. The smallest absolute Gasteiger partial charge is 0.271 e. The first-order valence-electron chi connectivity index (χ1n) is 8.10. The van der Waals surface area contributed by atoms with Crippen molar-refractivity contribution in [2.75, 3.05) is 24.0 Å². The van der Waals surface area contributed by atoms with Crippen LogP contribution in [0.5, 0.6) is 0 Å². The Balaban J connectivity index is 1.84. The molecule has 0 unspecified atom stereocenters. The third-order valence-corrected chi connectivity index (χ3v) is 4.86. The van der Waals surface area contributed by atoms with Gasteiger partial charge < -0.3 is 25.4 Å². The van der Waals surface area contributed by atoms with Crippen LogP contribution < -0.4 is 15.9 Å². The second-order valence-corrected chi connectivity index (χ2v) is 6.62. The fourth-order valence-electron chi connectivity index (χ4n) is 3.48. The van der Waals surface area contributed by atoms with Gasteiger partial charge in [-0.2, -0.15) is 4.98 Å². The molecular formula is C16H19N5O5. The molecule has 2 aliphatic rings. The second kappa shape index (κ2) is 5.74. The first-order valence-corrected chi connectivity index (χ1v) is 8.10. The van der Waals surface area contributed by atoms with Crippen LogP contribution in [0.25, 0.3) is 10.8 Å². The largest absolute Gasteiger partial charge is 0.394 e. The lowest BCUT2D eigenvalue weighted by molar-refractivity contribution is -0.0685. The van der Waals surface area contributed by atoms with Crippen LogP contribution in [-0.2, 0) is 4.74 Å². The molecule has 1 fully saturated rings. The summed E-state index contributed by atoms with van der Waals surface area (Å²) in [6.45, 7) is 1.03. The van der Waals surface area contributed by atoms with Gasteiger partial charge in [-0.25, -0.2) is 9.67 Å². The lowest BCUT2D eigenvalue weighted by atomic mass is 9.96.